The topological polar surface area (TPSA) is 77.4 Å². The molecule has 2 aliphatic heterocycles. The fraction of sp³-hybridized carbons (Fsp3) is 1.00. The summed E-state index contributed by atoms with van der Waals surface area (Å²) in [6.07, 6.45) is -2.54. The fourth-order valence-corrected chi connectivity index (χ4v) is 2.54. The van der Waals surface area contributed by atoms with Crippen molar-refractivity contribution in [3.63, 3.8) is 0 Å². The van der Waals surface area contributed by atoms with Gasteiger partial charge in [0.2, 0.25) is 0 Å². The molecule has 0 aliphatic carbocycles. The highest BCUT2D eigenvalue weighted by Crippen LogP contribution is 2.44. The molecule has 6 nitrogen and oxygen atoms in total. The Labute approximate surface area is 101 Å². The Kier molecular flexibility index (Phi) is 3.27. The standard InChI is InChI=1S/C10H19BO6/c1-5(13)10(4-12)7(17-11)6-8(16-10)15-9(2,3)14-6/h5-8,12-13H,4,11H2,1-3H3/t5-,6+,7-,8-,10-/m0/s1. The van der Waals surface area contributed by atoms with E-state index in [4.69, 9.17) is 18.9 Å². The number of aliphatic hydroxyl groups is 2. The Balaban J connectivity index is 2.26. The van der Waals surface area contributed by atoms with Gasteiger partial charge < -0.3 is 29.1 Å². The van der Waals surface area contributed by atoms with Gasteiger partial charge in [-0.3, -0.25) is 0 Å². The molecule has 0 amide bonds. The lowest BCUT2D eigenvalue weighted by Gasteiger charge is -2.37. The summed E-state index contributed by atoms with van der Waals surface area (Å²) >= 11 is 0. The molecule has 2 fully saturated rings. The van der Waals surface area contributed by atoms with Crippen molar-refractivity contribution in [2.45, 2.75) is 56.8 Å². The minimum absolute atomic E-state index is 0.358. The minimum Gasteiger partial charge on any atom is -0.436 e. The van der Waals surface area contributed by atoms with Gasteiger partial charge in [0.05, 0.1) is 12.7 Å². The van der Waals surface area contributed by atoms with Gasteiger partial charge in [-0.15, -0.1) is 0 Å². The molecule has 0 spiro atoms. The van der Waals surface area contributed by atoms with Crippen LogP contribution >= 0.6 is 0 Å². The summed E-state index contributed by atoms with van der Waals surface area (Å²) in [5.41, 5.74) is -1.19. The average molecular weight is 246 g/mol. The van der Waals surface area contributed by atoms with Crippen molar-refractivity contribution < 1.29 is 29.1 Å². The Bertz CT molecular complexity index is 297. The van der Waals surface area contributed by atoms with E-state index in [1.54, 1.807) is 20.8 Å². The first-order valence-electron chi connectivity index (χ1n) is 5.71. The van der Waals surface area contributed by atoms with Crippen molar-refractivity contribution in [1.82, 2.24) is 0 Å². The van der Waals surface area contributed by atoms with Gasteiger partial charge in [-0.1, -0.05) is 0 Å². The first-order valence-corrected chi connectivity index (χ1v) is 5.71. The molecule has 0 unspecified atom stereocenters. The van der Waals surface area contributed by atoms with Crippen molar-refractivity contribution in [1.29, 1.82) is 0 Å². The van der Waals surface area contributed by atoms with E-state index in [1.807, 2.05) is 0 Å². The summed E-state index contributed by atoms with van der Waals surface area (Å²) in [7, 11) is 1.50. The number of hydrogen-bond acceptors (Lipinski definition) is 6. The molecule has 98 valence electrons. The Morgan fingerprint density at radius 1 is 1.35 bits per heavy atom. The summed E-state index contributed by atoms with van der Waals surface area (Å²) in [4.78, 5) is 0. The molecule has 17 heavy (non-hydrogen) atoms. The molecule has 0 aromatic carbocycles. The van der Waals surface area contributed by atoms with Crippen LogP contribution in [0.15, 0.2) is 0 Å². The second-order valence-electron chi connectivity index (χ2n) is 5.03. The summed E-state index contributed by atoms with van der Waals surface area (Å²) in [5, 5.41) is 19.3. The van der Waals surface area contributed by atoms with E-state index in [0.29, 0.717) is 0 Å². The van der Waals surface area contributed by atoms with Crippen LogP contribution in [0, 0.1) is 0 Å². The van der Waals surface area contributed by atoms with Crippen LogP contribution in [0.3, 0.4) is 0 Å². The van der Waals surface area contributed by atoms with E-state index in [-0.39, 0.29) is 6.61 Å². The zero-order valence-corrected chi connectivity index (χ0v) is 10.5. The second-order valence-corrected chi connectivity index (χ2v) is 5.03. The lowest BCUT2D eigenvalue weighted by atomic mass is 9.90. The van der Waals surface area contributed by atoms with Crippen LogP contribution in [0.2, 0.25) is 0 Å². The molecule has 5 atom stereocenters. The van der Waals surface area contributed by atoms with Crippen molar-refractivity contribution in [3.05, 3.63) is 0 Å². The van der Waals surface area contributed by atoms with Crippen LogP contribution < -0.4 is 0 Å². The van der Waals surface area contributed by atoms with Crippen LogP contribution in [0.25, 0.3) is 0 Å². The van der Waals surface area contributed by atoms with E-state index >= 15 is 0 Å². The molecule has 0 aromatic rings. The Morgan fingerprint density at radius 3 is 2.47 bits per heavy atom. The molecule has 0 saturated carbocycles. The van der Waals surface area contributed by atoms with Gasteiger partial charge in [-0.2, -0.15) is 0 Å². The van der Waals surface area contributed by atoms with Gasteiger partial charge in [0, 0.05) is 0 Å². The Hall–Kier alpha value is -0.175. The lowest BCUT2D eigenvalue weighted by Crippen LogP contribution is -2.56. The zero-order chi connectivity index (χ0) is 12.8. The summed E-state index contributed by atoms with van der Waals surface area (Å²) in [6.45, 7) is 4.76. The number of fused-ring (bicyclic) bond motifs is 1. The molecular formula is C10H19BO6. The SMILES string of the molecule is BO[C@H]1[C@H]2OC(C)(C)O[C@H]2O[C@@]1(CO)[C@H](C)O. The molecule has 7 heteroatoms. The molecule has 0 bridgehead atoms. The molecule has 0 aromatic heterocycles. The maximum absolute atomic E-state index is 9.81. The van der Waals surface area contributed by atoms with E-state index in [1.165, 1.54) is 8.05 Å². The minimum atomic E-state index is -1.19. The molecule has 0 radical (unpaired) electrons. The van der Waals surface area contributed by atoms with E-state index in [0.717, 1.165) is 0 Å². The predicted molar refractivity (Wildman–Crippen MR) is 59.8 cm³/mol. The fourth-order valence-electron chi connectivity index (χ4n) is 2.54. The third kappa shape index (κ3) is 1.91. The van der Waals surface area contributed by atoms with Crippen LogP contribution in [0.4, 0.5) is 0 Å². The number of hydrogen-bond donors (Lipinski definition) is 2. The van der Waals surface area contributed by atoms with Crippen LogP contribution in [-0.4, -0.2) is 60.9 Å². The van der Waals surface area contributed by atoms with Crippen molar-refractivity contribution >= 4 is 8.05 Å². The molecule has 2 heterocycles. The molecule has 2 aliphatic rings. The Morgan fingerprint density at radius 2 is 2.00 bits per heavy atom. The highest BCUT2D eigenvalue weighted by molar-refractivity contribution is 5.98. The van der Waals surface area contributed by atoms with Gasteiger partial charge in [0.25, 0.3) is 8.05 Å². The van der Waals surface area contributed by atoms with Gasteiger partial charge in [0.1, 0.15) is 17.8 Å². The lowest BCUT2D eigenvalue weighted by molar-refractivity contribution is -0.261. The van der Waals surface area contributed by atoms with Gasteiger partial charge >= 0.3 is 0 Å². The summed E-state index contributed by atoms with van der Waals surface area (Å²) < 4.78 is 22.2. The van der Waals surface area contributed by atoms with Gasteiger partial charge in [0.15, 0.2) is 12.1 Å². The smallest absolute Gasteiger partial charge is 0.258 e. The van der Waals surface area contributed by atoms with Crippen LogP contribution in [0.5, 0.6) is 0 Å². The molecule has 2 saturated heterocycles. The summed E-state index contributed by atoms with van der Waals surface area (Å²) in [5.74, 6) is -0.744. The largest absolute Gasteiger partial charge is 0.436 e. The number of ether oxygens (including phenoxy) is 3. The first-order chi connectivity index (χ1) is 7.86. The average Bonchev–Trinajstić information content (AvgIpc) is 2.66. The van der Waals surface area contributed by atoms with Crippen molar-refractivity contribution in [2.75, 3.05) is 6.61 Å². The van der Waals surface area contributed by atoms with E-state index in [9.17, 15) is 10.2 Å². The number of aliphatic hydroxyl groups excluding tert-OH is 2. The van der Waals surface area contributed by atoms with Crippen LogP contribution in [0.1, 0.15) is 20.8 Å². The monoisotopic (exact) mass is 246 g/mol. The third-order valence-electron chi connectivity index (χ3n) is 3.41. The number of rotatable bonds is 3. The zero-order valence-electron chi connectivity index (χ0n) is 10.5. The van der Waals surface area contributed by atoms with Crippen molar-refractivity contribution in [3.8, 4) is 0 Å². The third-order valence-corrected chi connectivity index (χ3v) is 3.41. The second kappa shape index (κ2) is 4.19. The molecular weight excluding hydrogens is 227 g/mol. The van der Waals surface area contributed by atoms with Crippen LogP contribution in [-0.2, 0) is 18.9 Å². The highest BCUT2D eigenvalue weighted by atomic mass is 16.8. The predicted octanol–water partition coefficient (Wildman–Crippen LogP) is -1.46. The molecule has 2 rings (SSSR count). The summed E-state index contributed by atoms with van der Waals surface area (Å²) in [6, 6.07) is 0. The van der Waals surface area contributed by atoms with Crippen molar-refractivity contribution in [2.24, 2.45) is 0 Å². The van der Waals surface area contributed by atoms with Gasteiger partial charge in [-0.25, -0.2) is 0 Å². The van der Waals surface area contributed by atoms with E-state index in [2.05, 4.69) is 0 Å². The maximum Gasteiger partial charge on any atom is 0.258 e. The normalized spacial score (nSPS) is 45.8. The first kappa shape index (κ1) is 13.3. The maximum atomic E-state index is 9.81. The highest BCUT2D eigenvalue weighted by Gasteiger charge is 2.63. The quantitative estimate of drug-likeness (QED) is 0.592. The molecule has 2 N–H and O–H groups in total. The van der Waals surface area contributed by atoms with Gasteiger partial charge in [-0.05, 0) is 20.8 Å². The van der Waals surface area contributed by atoms with E-state index < -0.39 is 36.0 Å².